The van der Waals surface area contributed by atoms with Crippen LogP contribution in [-0.4, -0.2) is 86.1 Å². The fourth-order valence-electron chi connectivity index (χ4n) is 4.39. The van der Waals surface area contributed by atoms with E-state index < -0.39 is 0 Å². The largest absolute Gasteiger partial charge is 0.357 e. The molecule has 1 N–H and O–H groups in total. The molecule has 0 aromatic rings. The van der Waals surface area contributed by atoms with Crippen LogP contribution in [0.3, 0.4) is 0 Å². The first-order chi connectivity index (χ1) is 12.4. The van der Waals surface area contributed by atoms with Gasteiger partial charge < -0.3 is 15.1 Å². The van der Waals surface area contributed by atoms with Gasteiger partial charge in [0.05, 0.1) is 6.54 Å². The van der Waals surface area contributed by atoms with Gasteiger partial charge >= 0.3 is 0 Å². The summed E-state index contributed by atoms with van der Waals surface area (Å²) in [7, 11) is 2.23. The number of likely N-dealkylation sites (N-methyl/N-ethyl adjacent to an activating group) is 1. The summed E-state index contributed by atoms with van der Waals surface area (Å²) in [6.07, 6.45) is 2.65. The standard InChI is InChI=1S/C21H43N5/c1-7-22-21(26-9-8-19(16-26)14-17(2)3)23-15-20(18(4)5)25-12-10-24(6)11-13-25/h17-20H,7-16H2,1-6H3,(H,22,23). The number of nitrogens with zero attached hydrogens (tertiary/aromatic N) is 4. The minimum atomic E-state index is 0.548. The first-order valence-corrected chi connectivity index (χ1v) is 10.9. The lowest BCUT2D eigenvalue weighted by molar-refractivity contribution is 0.0924. The lowest BCUT2D eigenvalue weighted by Crippen LogP contribution is -2.52. The molecular weight excluding hydrogens is 322 g/mol. The lowest BCUT2D eigenvalue weighted by Gasteiger charge is -2.39. The molecular formula is C21H43N5. The summed E-state index contributed by atoms with van der Waals surface area (Å²) in [5, 5.41) is 3.55. The molecule has 2 fully saturated rings. The van der Waals surface area contributed by atoms with Crippen LogP contribution in [0.25, 0.3) is 0 Å². The number of likely N-dealkylation sites (tertiary alicyclic amines) is 1. The van der Waals surface area contributed by atoms with Crippen LogP contribution in [-0.2, 0) is 0 Å². The van der Waals surface area contributed by atoms with E-state index in [9.17, 15) is 0 Å². The highest BCUT2D eigenvalue weighted by Crippen LogP contribution is 2.23. The molecule has 2 aliphatic heterocycles. The molecule has 0 amide bonds. The van der Waals surface area contributed by atoms with Crippen LogP contribution in [0, 0.1) is 17.8 Å². The zero-order valence-electron chi connectivity index (χ0n) is 18.2. The summed E-state index contributed by atoms with van der Waals surface area (Å²) in [6, 6.07) is 0.548. The number of hydrogen-bond acceptors (Lipinski definition) is 3. The van der Waals surface area contributed by atoms with Gasteiger partial charge in [0.25, 0.3) is 0 Å². The van der Waals surface area contributed by atoms with Gasteiger partial charge in [-0.3, -0.25) is 9.89 Å². The third kappa shape index (κ3) is 6.41. The van der Waals surface area contributed by atoms with Gasteiger partial charge in [0, 0.05) is 51.9 Å². The Kier molecular flexibility index (Phi) is 8.68. The van der Waals surface area contributed by atoms with Crippen molar-refractivity contribution in [1.29, 1.82) is 0 Å². The van der Waals surface area contributed by atoms with Gasteiger partial charge in [-0.1, -0.05) is 27.7 Å². The second-order valence-corrected chi connectivity index (χ2v) is 9.08. The Morgan fingerprint density at radius 2 is 1.77 bits per heavy atom. The van der Waals surface area contributed by atoms with Crippen molar-refractivity contribution in [2.45, 2.75) is 53.5 Å². The number of rotatable bonds is 7. The van der Waals surface area contributed by atoms with Crippen molar-refractivity contribution < 1.29 is 0 Å². The number of hydrogen-bond donors (Lipinski definition) is 1. The number of nitrogens with one attached hydrogen (secondary N) is 1. The van der Waals surface area contributed by atoms with Crippen LogP contribution in [0.1, 0.15) is 47.5 Å². The summed E-state index contributed by atoms with van der Waals surface area (Å²) in [5.74, 6) is 3.40. The predicted molar refractivity (Wildman–Crippen MR) is 113 cm³/mol. The normalized spacial score (nSPS) is 24.7. The SMILES string of the molecule is CCNC(=NCC(C(C)C)N1CCN(C)CC1)N1CCC(CC(C)C)C1. The van der Waals surface area contributed by atoms with E-state index in [0.717, 1.165) is 37.4 Å². The Morgan fingerprint density at radius 1 is 1.08 bits per heavy atom. The molecule has 0 bridgehead atoms. The Bertz CT molecular complexity index is 426. The molecule has 2 saturated heterocycles. The van der Waals surface area contributed by atoms with E-state index >= 15 is 0 Å². The van der Waals surface area contributed by atoms with Gasteiger partial charge in [0.2, 0.25) is 0 Å². The van der Waals surface area contributed by atoms with E-state index in [0.29, 0.717) is 12.0 Å². The highest BCUT2D eigenvalue weighted by Gasteiger charge is 2.27. The second-order valence-electron chi connectivity index (χ2n) is 9.08. The van der Waals surface area contributed by atoms with Gasteiger partial charge in [0.1, 0.15) is 0 Å². The highest BCUT2D eigenvalue weighted by molar-refractivity contribution is 5.80. The lowest BCUT2D eigenvalue weighted by atomic mass is 9.97. The number of aliphatic imine (C=N–C) groups is 1. The topological polar surface area (TPSA) is 34.1 Å². The van der Waals surface area contributed by atoms with E-state index in [-0.39, 0.29) is 0 Å². The fraction of sp³-hybridized carbons (Fsp3) is 0.952. The molecule has 2 rings (SSSR count). The second kappa shape index (κ2) is 10.5. The minimum Gasteiger partial charge on any atom is -0.357 e. The van der Waals surface area contributed by atoms with Crippen molar-refractivity contribution in [2.75, 3.05) is 59.4 Å². The first-order valence-electron chi connectivity index (χ1n) is 10.9. The Labute approximate surface area is 162 Å². The molecule has 0 saturated carbocycles. The molecule has 5 nitrogen and oxygen atoms in total. The third-order valence-electron chi connectivity index (χ3n) is 5.93. The molecule has 0 aromatic carbocycles. The maximum atomic E-state index is 5.10. The van der Waals surface area contributed by atoms with Crippen molar-refractivity contribution in [1.82, 2.24) is 20.0 Å². The maximum absolute atomic E-state index is 5.10. The van der Waals surface area contributed by atoms with Crippen LogP contribution >= 0.6 is 0 Å². The van der Waals surface area contributed by atoms with E-state index in [2.05, 4.69) is 61.7 Å². The molecule has 2 unspecified atom stereocenters. The zero-order chi connectivity index (χ0) is 19.1. The highest BCUT2D eigenvalue weighted by atomic mass is 15.3. The van der Waals surface area contributed by atoms with E-state index in [1.165, 1.54) is 45.6 Å². The quantitative estimate of drug-likeness (QED) is 0.555. The van der Waals surface area contributed by atoms with Crippen LogP contribution in [0.4, 0.5) is 0 Å². The molecule has 2 atom stereocenters. The number of guanidine groups is 1. The van der Waals surface area contributed by atoms with Gasteiger partial charge in [-0.2, -0.15) is 0 Å². The summed E-state index contributed by atoms with van der Waals surface area (Å²) in [6.45, 7) is 20.4. The van der Waals surface area contributed by atoms with Crippen LogP contribution < -0.4 is 5.32 Å². The molecule has 0 spiro atoms. The van der Waals surface area contributed by atoms with E-state index in [4.69, 9.17) is 4.99 Å². The zero-order valence-corrected chi connectivity index (χ0v) is 18.2. The Hall–Kier alpha value is -0.810. The van der Waals surface area contributed by atoms with Gasteiger partial charge in [-0.15, -0.1) is 0 Å². The monoisotopic (exact) mass is 365 g/mol. The third-order valence-corrected chi connectivity index (χ3v) is 5.93. The van der Waals surface area contributed by atoms with Gasteiger partial charge in [-0.25, -0.2) is 0 Å². The van der Waals surface area contributed by atoms with Crippen molar-refractivity contribution in [3.63, 3.8) is 0 Å². The van der Waals surface area contributed by atoms with Crippen LogP contribution in [0.5, 0.6) is 0 Å². The summed E-state index contributed by atoms with van der Waals surface area (Å²) in [4.78, 5) is 12.7. The van der Waals surface area contributed by atoms with Crippen LogP contribution in [0.2, 0.25) is 0 Å². The first kappa shape index (κ1) is 21.5. The average molecular weight is 366 g/mol. The van der Waals surface area contributed by atoms with Gasteiger partial charge in [0.15, 0.2) is 5.96 Å². The average Bonchev–Trinajstić information content (AvgIpc) is 3.03. The van der Waals surface area contributed by atoms with Crippen molar-refractivity contribution in [3.8, 4) is 0 Å². The molecule has 2 heterocycles. The maximum Gasteiger partial charge on any atom is 0.193 e. The van der Waals surface area contributed by atoms with Crippen molar-refractivity contribution in [3.05, 3.63) is 0 Å². The predicted octanol–water partition coefficient (Wildman–Crippen LogP) is 2.59. The van der Waals surface area contributed by atoms with Crippen LogP contribution in [0.15, 0.2) is 4.99 Å². The number of piperazine rings is 1. The summed E-state index contributed by atoms with van der Waals surface area (Å²) >= 11 is 0. The van der Waals surface area contributed by atoms with E-state index in [1.54, 1.807) is 0 Å². The molecule has 0 radical (unpaired) electrons. The van der Waals surface area contributed by atoms with Gasteiger partial charge in [-0.05, 0) is 44.6 Å². The molecule has 5 heteroatoms. The Balaban J connectivity index is 1.97. The minimum absolute atomic E-state index is 0.548. The molecule has 152 valence electrons. The molecule has 0 aromatic heterocycles. The van der Waals surface area contributed by atoms with Crippen molar-refractivity contribution in [2.24, 2.45) is 22.7 Å². The van der Waals surface area contributed by atoms with Crippen molar-refractivity contribution >= 4 is 5.96 Å². The summed E-state index contributed by atoms with van der Waals surface area (Å²) < 4.78 is 0. The smallest absolute Gasteiger partial charge is 0.193 e. The molecule has 0 aliphatic carbocycles. The molecule has 26 heavy (non-hydrogen) atoms. The van der Waals surface area contributed by atoms with E-state index in [1.807, 2.05) is 0 Å². The fourth-order valence-corrected chi connectivity index (χ4v) is 4.39. The summed E-state index contributed by atoms with van der Waals surface area (Å²) in [5.41, 5.74) is 0. The Morgan fingerprint density at radius 3 is 2.35 bits per heavy atom. The molecule has 2 aliphatic rings.